The van der Waals surface area contributed by atoms with Crippen molar-refractivity contribution >= 4 is 11.4 Å². The normalized spacial score (nSPS) is 13.7. The minimum absolute atomic E-state index is 1.00. The second kappa shape index (κ2) is 18.1. The van der Waals surface area contributed by atoms with Crippen LogP contribution in [0, 0.1) is 0 Å². The van der Waals surface area contributed by atoms with Gasteiger partial charge in [0.2, 0.25) is 11.4 Å². The number of benzene rings is 2. The molecule has 40 heavy (non-hydrogen) atoms. The Bertz CT molecular complexity index is 1100. The van der Waals surface area contributed by atoms with Crippen LogP contribution in [0.4, 0.5) is 0 Å². The molecular weight excluding hydrogens is 484 g/mol. The van der Waals surface area contributed by atoms with Gasteiger partial charge >= 0.3 is 0 Å². The molecule has 0 radical (unpaired) electrons. The summed E-state index contributed by atoms with van der Waals surface area (Å²) >= 11 is 0. The van der Waals surface area contributed by atoms with Crippen LogP contribution in [-0.4, -0.2) is 4.70 Å². The molecule has 2 nitrogen and oxygen atoms in total. The van der Waals surface area contributed by atoms with Gasteiger partial charge in [-0.3, -0.25) is 0 Å². The van der Waals surface area contributed by atoms with E-state index < -0.39 is 0 Å². The van der Waals surface area contributed by atoms with Crippen LogP contribution in [0.1, 0.15) is 153 Å². The third-order valence-electron chi connectivity index (χ3n) is 8.58. The Morgan fingerprint density at radius 3 is 1.65 bits per heavy atom. The van der Waals surface area contributed by atoms with E-state index in [0.29, 0.717) is 0 Å². The summed E-state index contributed by atoms with van der Waals surface area (Å²) in [6.07, 6.45) is 22.2. The number of rotatable bonds is 20. The molecule has 1 aliphatic heterocycles. The summed E-state index contributed by atoms with van der Waals surface area (Å²) in [6, 6.07) is 17.9. The van der Waals surface area contributed by atoms with E-state index >= 15 is 0 Å². The highest BCUT2D eigenvalue weighted by atomic mass is 15.2. The Balaban J connectivity index is 1.88. The molecule has 2 aromatic carbocycles. The van der Waals surface area contributed by atoms with Gasteiger partial charge < -0.3 is 5.53 Å². The molecule has 1 heterocycles. The van der Waals surface area contributed by atoms with Crippen LogP contribution in [0.3, 0.4) is 0 Å². The average molecular weight is 541 g/mol. The van der Waals surface area contributed by atoms with E-state index in [1.54, 1.807) is 4.70 Å². The predicted molar refractivity (Wildman–Crippen MR) is 174 cm³/mol. The monoisotopic (exact) mass is 540 g/mol. The van der Waals surface area contributed by atoms with Crippen LogP contribution in [0.2, 0.25) is 0 Å². The second-order valence-electron chi connectivity index (χ2n) is 11.9. The molecule has 0 unspecified atom stereocenters. The molecule has 2 aromatic rings. The van der Waals surface area contributed by atoms with Crippen LogP contribution >= 0.6 is 0 Å². The molecule has 1 aliphatic rings. The highest BCUT2D eigenvalue weighted by Gasteiger charge is 2.35. The van der Waals surface area contributed by atoms with Gasteiger partial charge in [0, 0.05) is 22.3 Å². The van der Waals surface area contributed by atoms with Gasteiger partial charge in [0.05, 0.1) is 0 Å². The Kier molecular flexibility index (Phi) is 14.5. The van der Waals surface area contributed by atoms with Crippen molar-refractivity contribution in [1.29, 1.82) is 0 Å². The number of hydrogen-bond donors (Lipinski definition) is 0. The third-order valence-corrected chi connectivity index (χ3v) is 8.58. The fraction of sp³-hybridized carbons (Fsp3) is 0.579. The Labute approximate surface area is 246 Å². The van der Waals surface area contributed by atoms with Crippen molar-refractivity contribution in [3.05, 3.63) is 87.5 Å². The Morgan fingerprint density at radius 1 is 0.500 bits per heavy atom. The molecule has 0 amide bonds. The topological polar surface area (TPSA) is 25.3 Å². The summed E-state index contributed by atoms with van der Waals surface area (Å²) in [4.78, 5) is 0. The van der Waals surface area contributed by atoms with Gasteiger partial charge in [-0.05, 0) is 80.3 Å². The molecule has 0 aliphatic carbocycles. The van der Waals surface area contributed by atoms with Crippen molar-refractivity contribution in [1.82, 2.24) is 0 Å². The summed E-state index contributed by atoms with van der Waals surface area (Å²) in [5, 5.41) is 0. The summed E-state index contributed by atoms with van der Waals surface area (Å²) < 4.78 is 1.55. The standard InChI is InChI=1S/C38H56N2/c1-5-9-12-14-15-16-17-19-25-36-35(24-11-7-3)37(33-28-26-32(27-29-33)21-18-13-10-6-2)40(39)38(36)34-23-20-22-31(8-4)30-34/h20,22-23,26-30H,5-19,21,24-25H2,1-4H3. The summed E-state index contributed by atoms with van der Waals surface area (Å²) in [5.41, 5.74) is 21.6. The van der Waals surface area contributed by atoms with Gasteiger partial charge in [-0.15, -0.1) is 0 Å². The van der Waals surface area contributed by atoms with Gasteiger partial charge in [0.15, 0.2) is 0 Å². The predicted octanol–water partition coefficient (Wildman–Crippen LogP) is 12.3. The fourth-order valence-electron chi connectivity index (χ4n) is 6.10. The Morgan fingerprint density at radius 2 is 1.02 bits per heavy atom. The lowest BCUT2D eigenvalue weighted by Crippen LogP contribution is -2.03. The first-order chi connectivity index (χ1) is 19.6. The van der Waals surface area contributed by atoms with Crippen molar-refractivity contribution < 1.29 is 4.70 Å². The van der Waals surface area contributed by atoms with E-state index in [1.165, 1.54) is 99.3 Å². The molecule has 3 rings (SSSR count). The molecule has 0 N–H and O–H groups in total. The van der Waals surface area contributed by atoms with Gasteiger partial charge in [0.25, 0.3) is 0 Å². The molecule has 0 saturated carbocycles. The smallest absolute Gasteiger partial charge is 0.211 e. The molecule has 0 spiro atoms. The van der Waals surface area contributed by atoms with E-state index in [2.05, 4.69) is 76.2 Å². The van der Waals surface area contributed by atoms with E-state index in [9.17, 15) is 5.53 Å². The van der Waals surface area contributed by atoms with Crippen LogP contribution in [0.5, 0.6) is 0 Å². The molecule has 0 saturated heterocycles. The first-order valence-electron chi connectivity index (χ1n) is 16.8. The van der Waals surface area contributed by atoms with Crippen molar-refractivity contribution in [2.75, 3.05) is 0 Å². The lowest BCUT2D eigenvalue weighted by molar-refractivity contribution is -0.345. The van der Waals surface area contributed by atoms with Crippen LogP contribution in [0.15, 0.2) is 59.7 Å². The zero-order valence-electron chi connectivity index (χ0n) is 26.2. The maximum absolute atomic E-state index is 11.9. The second-order valence-corrected chi connectivity index (χ2v) is 11.9. The molecule has 2 heteroatoms. The number of hydrogen-bond acceptors (Lipinski definition) is 0. The summed E-state index contributed by atoms with van der Waals surface area (Å²) in [6.45, 7) is 9.03. The average Bonchev–Trinajstić information content (AvgIpc) is 3.26. The highest BCUT2D eigenvalue weighted by molar-refractivity contribution is 5.82. The maximum Gasteiger partial charge on any atom is 0.211 e. The minimum Gasteiger partial charge on any atom is -0.493 e. The fourth-order valence-corrected chi connectivity index (χ4v) is 6.10. The quantitative estimate of drug-likeness (QED) is 0.118. The molecular formula is C38H56N2. The lowest BCUT2D eigenvalue weighted by Gasteiger charge is -2.11. The van der Waals surface area contributed by atoms with E-state index in [1.807, 2.05) is 0 Å². The number of allylic oxidation sites excluding steroid dienone is 2. The molecule has 218 valence electrons. The molecule has 0 aromatic heterocycles. The van der Waals surface area contributed by atoms with E-state index in [-0.39, 0.29) is 0 Å². The van der Waals surface area contributed by atoms with Crippen molar-refractivity contribution in [3.8, 4) is 0 Å². The Hall–Kier alpha value is -2.48. The highest BCUT2D eigenvalue weighted by Crippen LogP contribution is 2.44. The van der Waals surface area contributed by atoms with Crippen LogP contribution in [0.25, 0.3) is 16.9 Å². The SMILES string of the molecule is CCCCCCCCCCC1=C(c2cccc(CC)c2)[N+](=[N-])C(c2ccc(CCCCCC)cc2)=C1CCCC. The molecule has 0 bridgehead atoms. The first-order valence-corrected chi connectivity index (χ1v) is 16.8. The van der Waals surface area contributed by atoms with Gasteiger partial charge in [0.1, 0.15) is 0 Å². The van der Waals surface area contributed by atoms with Crippen molar-refractivity contribution in [2.45, 2.75) is 143 Å². The van der Waals surface area contributed by atoms with Crippen LogP contribution < -0.4 is 0 Å². The summed E-state index contributed by atoms with van der Waals surface area (Å²) in [5.74, 6) is 0. The largest absolute Gasteiger partial charge is 0.493 e. The van der Waals surface area contributed by atoms with Crippen molar-refractivity contribution in [3.63, 3.8) is 0 Å². The maximum atomic E-state index is 11.9. The van der Waals surface area contributed by atoms with E-state index in [0.717, 1.165) is 61.0 Å². The van der Waals surface area contributed by atoms with Gasteiger partial charge in [-0.25, -0.2) is 4.70 Å². The van der Waals surface area contributed by atoms with Crippen molar-refractivity contribution in [2.24, 2.45) is 0 Å². The zero-order valence-corrected chi connectivity index (χ0v) is 26.2. The van der Waals surface area contributed by atoms with Gasteiger partial charge in [-0.1, -0.05) is 123 Å². The number of unbranched alkanes of at least 4 members (excludes halogenated alkanes) is 11. The van der Waals surface area contributed by atoms with E-state index in [4.69, 9.17) is 0 Å². The summed E-state index contributed by atoms with van der Waals surface area (Å²) in [7, 11) is 0. The zero-order chi connectivity index (χ0) is 28.6. The lowest BCUT2D eigenvalue weighted by atomic mass is 9.91. The third kappa shape index (κ3) is 9.28. The molecule has 0 fully saturated rings. The number of aryl methyl sites for hydroxylation is 2. The first kappa shape index (κ1) is 32.0. The number of nitrogens with zero attached hydrogens (tertiary/aromatic N) is 2. The van der Waals surface area contributed by atoms with Gasteiger partial charge in [-0.2, -0.15) is 0 Å². The van der Waals surface area contributed by atoms with Crippen LogP contribution in [-0.2, 0) is 12.8 Å². The minimum atomic E-state index is 1.00. The molecule has 0 atom stereocenters.